The molecule has 1 fully saturated rings. The van der Waals surface area contributed by atoms with Crippen molar-refractivity contribution < 1.29 is 14.4 Å². The summed E-state index contributed by atoms with van der Waals surface area (Å²) < 4.78 is 0. The lowest BCUT2D eigenvalue weighted by atomic mass is 9.73. The van der Waals surface area contributed by atoms with Crippen LogP contribution in [0.3, 0.4) is 0 Å². The quantitative estimate of drug-likeness (QED) is 0.828. The van der Waals surface area contributed by atoms with Crippen LogP contribution < -0.4 is 10.2 Å². The van der Waals surface area contributed by atoms with Crippen molar-refractivity contribution in [1.29, 1.82) is 0 Å². The van der Waals surface area contributed by atoms with Gasteiger partial charge in [0.2, 0.25) is 11.8 Å². The van der Waals surface area contributed by atoms with Crippen molar-refractivity contribution in [2.45, 2.75) is 38.6 Å². The first kappa shape index (κ1) is 21.1. The fraction of sp³-hybridized carbons (Fsp3) is 0.400. The summed E-state index contributed by atoms with van der Waals surface area (Å²) in [6.45, 7) is 5.36. The highest BCUT2D eigenvalue weighted by Crippen LogP contribution is 2.47. The van der Waals surface area contributed by atoms with Crippen LogP contribution in [-0.4, -0.2) is 42.8 Å². The van der Waals surface area contributed by atoms with Crippen LogP contribution in [0.25, 0.3) is 0 Å². The largest absolute Gasteiger partial charge is 0.348 e. The summed E-state index contributed by atoms with van der Waals surface area (Å²) >= 11 is 0. The van der Waals surface area contributed by atoms with E-state index in [1.165, 1.54) is 0 Å². The second-order valence-electron chi connectivity index (χ2n) is 8.83. The molecular formula is C25H29N3O3. The summed E-state index contributed by atoms with van der Waals surface area (Å²) in [5.41, 5.74) is 2.69. The summed E-state index contributed by atoms with van der Waals surface area (Å²) in [4.78, 5) is 42.0. The molecule has 0 saturated carbocycles. The lowest BCUT2D eigenvalue weighted by Crippen LogP contribution is -2.50. The topological polar surface area (TPSA) is 69.7 Å². The average Bonchev–Trinajstić information content (AvgIpc) is 2.99. The van der Waals surface area contributed by atoms with Gasteiger partial charge in [-0.3, -0.25) is 14.4 Å². The normalized spacial score (nSPS) is 17.2. The Morgan fingerprint density at radius 3 is 2.39 bits per heavy atom. The number of benzene rings is 2. The number of hydrogen-bond donors (Lipinski definition) is 1. The number of likely N-dealkylation sites (tertiary alicyclic amines) is 1. The monoisotopic (exact) mass is 419 g/mol. The first-order chi connectivity index (χ1) is 14.8. The maximum absolute atomic E-state index is 13.3. The van der Waals surface area contributed by atoms with E-state index in [-0.39, 0.29) is 23.6 Å². The van der Waals surface area contributed by atoms with Crippen LogP contribution in [-0.2, 0) is 21.5 Å². The molecule has 0 aliphatic carbocycles. The van der Waals surface area contributed by atoms with E-state index in [1.807, 2.05) is 61.2 Å². The molecular weight excluding hydrogens is 390 g/mol. The second kappa shape index (κ2) is 8.17. The Labute approximate surface area is 183 Å². The summed E-state index contributed by atoms with van der Waals surface area (Å²) in [7, 11) is 1.79. The highest BCUT2D eigenvalue weighted by Gasteiger charge is 2.51. The molecule has 2 aliphatic rings. The van der Waals surface area contributed by atoms with Gasteiger partial charge in [0.1, 0.15) is 0 Å². The van der Waals surface area contributed by atoms with Gasteiger partial charge < -0.3 is 15.1 Å². The standard InChI is InChI=1S/C25H29N3O3/c1-17(2)23(30)28-13-11-25(12-14-28)20-15-19(9-10-21(20)27(3)24(25)31)22(29)26-16-18-7-5-4-6-8-18/h4-10,15,17H,11-14,16H2,1-3H3,(H,26,29). The van der Waals surface area contributed by atoms with Gasteiger partial charge in [-0.2, -0.15) is 0 Å². The van der Waals surface area contributed by atoms with Crippen LogP contribution in [0.5, 0.6) is 0 Å². The van der Waals surface area contributed by atoms with Gasteiger partial charge in [0.25, 0.3) is 5.91 Å². The number of likely N-dealkylation sites (N-methyl/N-ethyl adjacent to an activating group) is 1. The van der Waals surface area contributed by atoms with Gasteiger partial charge in [0.05, 0.1) is 5.41 Å². The van der Waals surface area contributed by atoms with Crippen molar-refractivity contribution in [3.05, 3.63) is 65.2 Å². The van der Waals surface area contributed by atoms with Crippen LogP contribution in [0.2, 0.25) is 0 Å². The SMILES string of the molecule is CC(C)C(=O)N1CCC2(CC1)C(=O)N(C)c1ccc(C(=O)NCc3ccccc3)cc12. The summed E-state index contributed by atoms with van der Waals surface area (Å²) in [5, 5.41) is 2.96. The van der Waals surface area contributed by atoms with E-state index in [2.05, 4.69) is 5.32 Å². The van der Waals surface area contributed by atoms with Crippen molar-refractivity contribution in [3.63, 3.8) is 0 Å². The molecule has 2 heterocycles. The third kappa shape index (κ3) is 3.71. The van der Waals surface area contributed by atoms with Gasteiger partial charge in [-0.15, -0.1) is 0 Å². The fourth-order valence-electron chi connectivity index (χ4n) is 4.74. The van der Waals surface area contributed by atoms with Gasteiger partial charge in [-0.1, -0.05) is 44.2 Å². The number of piperidine rings is 1. The molecule has 3 amide bonds. The molecule has 0 unspecified atom stereocenters. The number of carbonyl (C=O) groups excluding carboxylic acids is 3. The Morgan fingerprint density at radius 2 is 1.74 bits per heavy atom. The van der Waals surface area contributed by atoms with Crippen LogP contribution in [0.1, 0.15) is 48.2 Å². The van der Waals surface area contributed by atoms with Crippen molar-refractivity contribution in [2.75, 3.05) is 25.0 Å². The Hall–Kier alpha value is -3.15. The van der Waals surface area contributed by atoms with E-state index < -0.39 is 5.41 Å². The molecule has 0 atom stereocenters. The molecule has 4 rings (SSSR count). The fourth-order valence-corrected chi connectivity index (χ4v) is 4.74. The highest BCUT2D eigenvalue weighted by molar-refractivity contribution is 6.09. The summed E-state index contributed by atoms with van der Waals surface area (Å²) in [6, 6.07) is 15.3. The first-order valence-electron chi connectivity index (χ1n) is 10.9. The third-order valence-corrected chi connectivity index (χ3v) is 6.57. The Morgan fingerprint density at radius 1 is 1.06 bits per heavy atom. The molecule has 2 aromatic rings. The molecule has 6 nitrogen and oxygen atoms in total. The molecule has 1 saturated heterocycles. The van der Waals surface area contributed by atoms with Crippen LogP contribution in [0, 0.1) is 5.92 Å². The lowest BCUT2D eigenvalue weighted by molar-refractivity contribution is -0.138. The number of carbonyl (C=O) groups is 3. The zero-order valence-corrected chi connectivity index (χ0v) is 18.4. The third-order valence-electron chi connectivity index (χ3n) is 6.57. The molecule has 0 radical (unpaired) electrons. The van der Waals surface area contributed by atoms with Gasteiger partial charge in [0, 0.05) is 43.9 Å². The number of anilines is 1. The zero-order valence-electron chi connectivity index (χ0n) is 18.4. The van der Waals surface area contributed by atoms with E-state index >= 15 is 0 Å². The average molecular weight is 420 g/mol. The maximum atomic E-state index is 13.3. The van der Waals surface area contributed by atoms with Gasteiger partial charge in [-0.05, 0) is 42.2 Å². The van der Waals surface area contributed by atoms with E-state index in [1.54, 1.807) is 18.0 Å². The molecule has 1 spiro atoms. The molecule has 31 heavy (non-hydrogen) atoms. The molecule has 0 aromatic heterocycles. The number of fused-ring (bicyclic) bond motifs is 2. The molecule has 162 valence electrons. The maximum Gasteiger partial charge on any atom is 0.251 e. The van der Waals surface area contributed by atoms with E-state index in [0.29, 0.717) is 38.0 Å². The van der Waals surface area contributed by atoms with Crippen molar-refractivity contribution >= 4 is 23.4 Å². The smallest absolute Gasteiger partial charge is 0.251 e. The number of amides is 3. The van der Waals surface area contributed by atoms with Crippen molar-refractivity contribution in [2.24, 2.45) is 5.92 Å². The lowest BCUT2D eigenvalue weighted by Gasteiger charge is -2.39. The van der Waals surface area contributed by atoms with Crippen molar-refractivity contribution in [1.82, 2.24) is 10.2 Å². The molecule has 1 N–H and O–H groups in total. The van der Waals surface area contributed by atoms with Gasteiger partial charge in [-0.25, -0.2) is 0 Å². The highest BCUT2D eigenvalue weighted by atomic mass is 16.2. The minimum atomic E-state index is -0.659. The first-order valence-corrected chi connectivity index (χ1v) is 10.9. The van der Waals surface area contributed by atoms with Gasteiger partial charge >= 0.3 is 0 Å². The van der Waals surface area contributed by atoms with E-state index in [0.717, 1.165) is 16.8 Å². The molecule has 2 aromatic carbocycles. The number of rotatable bonds is 4. The minimum absolute atomic E-state index is 0.0526. The summed E-state index contributed by atoms with van der Waals surface area (Å²) in [5.74, 6) is -0.0247. The van der Waals surface area contributed by atoms with Gasteiger partial charge in [0.15, 0.2) is 0 Å². The minimum Gasteiger partial charge on any atom is -0.348 e. The van der Waals surface area contributed by atoms with Crippen LogP contribution in [0.15, 0.2) is 48.5 Å². The molecule has 6 heteroatoms. The molecule has 2 aliphatic heterocycles. The van der Waals surface area contributed by atoms with Crippen molar-refractivity contribution in [3.8, 4) is 0 Å². The Balaban J connectivity index is 1.56. The Kier molecular flexibility index (Phi) is 5.56. The zero-order chi connectivity index (χ0) is 22.2. The Bertz CT molecular complexity index is 1010. The number of nitrogens with zero attached hydrogens (tertiary/aromatic N) is 2. The predicted octanol–water partition coefficient (Wildman–Crippen LogP) is 3.11. The number of nitrogens with one attached hydrogen (secondary N) is 1. The summed E-state index contributed by atoms with van der Waals surface area (Å²) in [6.07, 6.45) is 1.16. The molecule has 0 bridgehead atoms. The van der Waals surface area contributed by atoms with E-state index in [9.17, 15) is 14.4 Å². The predicted molar refractivity (Wildman–Crippen MR) is 120 cm³/mol. The van der Waals surface area contributed by atoms with E-state index in [4.69, 9.17) is 0 Å². The number of hydrogen-bond acceptors (Lipinski definition) is 3. The second-order valence-corrected chi connectivity index (χ2v) is 8.83. The van der Waals surface area contributed by atoms with Crippen LogP contribution >= 0.6 is 0 Å². The van der Waals surface area contributed by atoms with Crippen LogP contribution in [0.4, 0.5) is 5.69 Å².